The number of Topliss-reactive ketones (excluding diaryl/α,β-unsaturated/α-hetero) is 2. The molecule has 0 aromatic carbocycles. The maximum atomic E-state index is 12.9. The number of ether oxygens (including phenoxy) is 2. The van der Waals surface area contributed by atoms with Crippen LogP contribution in [0, 0.1) is 22.7 Å². The molecule has 234 valence electrons. The van der Waals surface area contributed by atoms with Crippen molar-refractivity contribution in [1.29, 1.82) is 0 Å². The molecule has 42 heavy (non-hydrogen) atoms. The lowest BCUT2D eigenvalue weighted by Gasteiger charge is -2.36. The van der Waals surface area contributed by atoms with Crippen molar-refractivity contribution in [3.8, 4) is 0 Å². The normalized spacial score (nSPS) is 22.9. The van der Waals surface area contributed by atoms with Crippen LogP contribution in [-0.2, 0) is 28.7 Å². The fourth-order valence-corrected chi connectivity index (χ4v) is 5.98. The van der Waals surface area contributed by atoms with E-state index >= 15 is 0 Å². The lowest BCUT2D eigenvalue weighted by Crippen LogP contribution is -2.41. The third-order valence-corrected chi connectivity index (χ3v) is 8.20. The molecule has 2 atom stereocenters. The maximum absolute atomic E-state index is 12.9. The molecule has 0 aromatic rings. The molecule has 0 saturated heterocycles. The lowest BCUT2D eigenvalue weighted by molar-refractivity contribution is -0.151. The van der Waals surface area contributed by atoms with Crippen LogP contribution in [0.25, 0.3) is 0 Å². The van der Waals surface area contributed by atoms with Crippen LogP contribution in [0.4, 0.5) is 0 Å². The predicted molar refractivity (Wildman–Crippen MR) is 161 cm³/mol. The minimum atomic E-state index is -0.917. The van der Waals surface area contributed by atoms with Crippen LogP contribution >= 0.6 is 0 Å². The zero-order chi connectivity index (χ0) is 31.8. The number of methoxy groups -OCH3 is 2. The van der Waals surface area contributed by atoms with E-state index in [0.29, 0.717) is 37.4 Å². The van der Waals surface area contributed by atoms with Gasteiger partial charge >= 0.3 is 11.9 Å². The molecule has 0 fully saturated rings. The largest absolute Gasteiger partial charge is 0.511 e. The number of ketones is 2. The summed E-state index contributed by atoms with van der Waals surface area (Å²) in [4.78, 5) is 59.7. The van der Waals surface area contributed by atoms with Gasteiger partial charge in [0, 0.05) is 37.4 Å². The van der Waals surface area contributed by atoms with E-state index in [2.05, 4.69) is 9.98 Å². The van der Waals surface area contributed by atoms with E-state index < -0.39 is 34.6 Å². The molecule has 0 amide bonds. The zero-order valence-corrected chi connectivity index (χ0v) is 26.5. The molecular formula is C32H48N2O8. The molecule has 0 bridgehead atoms. The quantitative estimate of drug-likeness (QED) is 0.164. The number of hydrogen-bond donors (Lipinski definition) is 2. The van der Waals surface area contributed by atoms with Gasteiger partial charge in [0.15, 0.2) is 11.6 Å². The summed E-state index contributed by atoms with van der Waals surface area (Å²) in [5, 5.41) is 21.8. The minimum absolute atomic E-state index is 0.118. The summed E-state index contributed by atoms with van der Waals surface area (Å²) in [5.74, 6) is -3.93. The number of carbonyl (C=O) groups is 4. The van der Waals surface area contributed by atoms with Gasteiger partial charge in [0.1, 0.15) is 23.4 Å². The molecule has 0 radical (unpaired) electrons. The second kappa shape index (κ2) is 14.7. The second-order valence-corrected chi connectivity index (χ2v) is 12.4. The van der Waals surface area contributed by atoms with Crippen molar-refractivity contribution in [2.75, 3.05) is 27.3 Å². The lowest BCUT2D eigenvalue weighted by atomic mass is 9.67. The Morgan fingerprint density at radius 3 is 1.33 bits per heavy atom. The highest BCUT2D eigenvalue weighted by molar-refractivity contribution is 6.24. The second-order valence-electron chi connectivity index (χ2n) is 12.4. The summed E-state index contributed by atoms with van der Waals surface area (Å²) >= 11 is 0. The number of allylic oxidation sites excluding steroid dienone is 2. The summed E-state index contributed by atoms with van der Waals surface area (Å²) in [5.41, 5.74) is -0.232. The van der Waals surface area contributed by atoms with Crippen LogP contribution in [0.15, 0.2) is 32.6 Å². The van der Waals surface area contributed by atoms with Crippen LogP contribution in [0.5, 0.6) is 0 Å². The van der Waals surface area contributed by atoms with Gasteiger partial charge in [-0.05, 0) is 36.5 Å². The average molecular weight is 589 g/mol. The van der Waals surface area contributed by atoms with E-state index in [-0.39, 0.29) is 47.1 Å². The highest BCUT2D eigenvalue weighted by Gasteiger charge is 2.48. The Morgan fingerprint density at radius 1 is 0.714 bits per heavy atom. The van der Waals surface area contributed by atoms with Crippen molar-refractivity contribution in [2.24, 2.45) is 32.7 Å². The Bertz CT molecular complexity index is 1100. The summed E-state index contributed by atoms with van der Waals surface area (Å²) in [6.07, 6.45) is 4.39. The number of esters is 2. The Kier molecular flexibility index (Phi) is 12.2. The molecular weight excluding hydrogens is 540 g/mol. The van der Waals surface area contributed by atoms with Gasteiger partial charge in [-0.25, -0.2) is 0 Å². The SMILES string of the molecule is CCC(=NCCCCCCN=C(CC)C1=C(O)[C@@H](C(=O)OC)C(C)(C)CC1=O)C1=C(O)[C@@H](C(=O)OC)C(C)(C)CC1=O. The van der Waals surface area contributed by atoms with Crippen LogP contribution in [0.1, 0.15) is 92.9 Å². The standard InChI is InChI=1S/C32H48N2O8/c1-9-19(23-21(35)17-31(3,4)25(27(23)37)29(39)41-7)33-15-13-11-12-14-16-34-20(10-2)24-22(36)18-32(5,6)26(28(24)38)30(40)42-8/h25-26,37-38H,9-18H2,1-8H3/t25-,26-/m0/s1. The number of aliphatic imine (C=N–C) groups is 2. The van der Waals surface area contributed by atoms with E-state index in [1.807, 2.05) is 13.8 Å². The van der Waals surface area contributed by atoms with Crippen LogP contribution in [0.3, 0.4) is 0 Å². The first-order chi connectivity index (χ1) is 19.7. The van der Waals surface area contributed by atoms with Crippen LogP contribution in [-0.4, -0.2) is 72.5 Å². The first kappa shape index (κ1) is 34.9. The third-order valence-electron chi connectivity index (χ3n) is 8.20. The van der Waals surface area contributed by atoms with E-state index in [4.69, 9.17) is 9.47 Å². The van der Waals surface area contributed by atoms with Gasteiger partial charge in [-0.15, -0.1) is 0 Å². The third kappa shape index (κ3) is 7.75. The van der Waals surface area contributed by atoms with Gasteiger partial charge in [-0.3, -0.25) is 29.2 Å². The van der Waals surface area contributed by atoms with E-state index in [1.165, 1.54) is 14.2 Å². The van der Waals surface area contributed by atoms with E-state index in [0.717, 1.165) is 25.7 Å². The van der Waals surface area contributed by atoms with Crippen LogP contribution in [0.2, 0.25) is 0 Å². The van der Waals surface area contributed by atoms with Crippen LogP contribution < -0.4 is 0 Å². The number of hydrogen-bond acceptors (Lipinski definition) is 10. The smallest absolute Gasteiger partial charge is 0.316 e. The first-order valence-electron chi connectivity index (χ1n) is 14.8. The zero-order valence-electron chi connectivity index (χ0n) is 26.5. The number of nitrogens with zero attached hydrogens (tertiary/aromatic N) is 2. The number of carbonyl (C=O) groups excluding carboxylic acids is 4. The average Bonchev–Trinajstić information content (AvgIpc) is 2.90. The van der Waals surface area contributed by atoms with Crippen molar-refractivity contribution in [3.63, 3.8) is 0 Å². The molecule has 0 aromatic heterocycles. The molecule has 0 unspecified atom stereocenters. The molecule has 10 heteroatoms. The number of rotatable bonds is 13. The van der Waals surface area contributed by atoms with Crippen molar-refractivity contribution in [2.45, 2.75) is 92.9 Å². The van der Waals surface area contributed by atoms with Gasteiger partial charge in [-0.1, -0.05) is 54.4 Å². The molecule has 2 aliphatic rings. The molecule has 2 rings (SSSR count). The maximum Gasteiger partial charge on any atom is 0.316 e. The molecule has 0 saturated carbocycles. The molecule has 2 aliphatic carbocycles. The summed E-state index contributed by atoms with van der Waals surface area (Å²) in [6, 6.07) is 0. The van der Waals surface area contributed by atoms with Crippen molar-refractivity contribution < 1.29 is 38.9 Å². The van der Waals surface area contributed by atoms with E-state index in [9.17, 15) is 29.4 Å². The minimum Gasteiger partial charge on any atom is -0.511 e. The summed E-state index contributed by atoms with van der Waals surface area (Å²) in [6.45, 7) is 11.7. The summed E-state index contributed by atoms with van der Waals surface area (Å²) < 4.78 is 9.78. The van der Waals surface area contributed by atoms with Gasteiger partial charge < -0.3 is 19.7 Å². The van der Waals surface area contributed by atoms with Crippen molar-refractivity contribution in [3.05, 3.63) is 22.7 Å². The van der Waals surface area contributed by atoms with Gasteiger partial charge in [0.25, 0.3) is 0 Å². The number of aliphatic hydroxyl groups excluding tert-OH is 2. The Balaban J connectivity index is 2.02. The van der Waals surface area contributed by atoms with Crippen molar-refractivity contribution >= 4 is 34.9 Å². The van der Waals surface area contributed by atoms with Gasteiger partial charge in [-0.2, -0.15) is 0 Å². The number of unbranched alkanes of at least 4 members (excludes halogenated alkanes) is 3. The molecule has 0 heterocycles. The summed E-state index contributed by atoms with van der Waals surface area (Å²) in [7, 11) is 2.53. The highest BCUT2D eigenvalue weighted by atomic mass is 16.5. The highest BCUT2D eigenvalue weighted by Crippen LogP contribution is 2.43. The monoisotopic (exact) mass is 588 g/mol. The van der Waals surface area contributed by atoms with Gasteiger partial charge in [0.2, 0.25) is 0 Å². The first-order valence-corrected chi connectivity index (χ1v) is 14.8. The molecule has 0 spiro atoms. The van der Waals surface area contributed by atoms with Crippen molar-refractivity contribution in [1.82, 2.24) is 0 Å². The molecule has 0 aliphatic heterocycles. The Labute approximate surface area is 249 Å². The fourth-order valence-electron chi connectivity index (χ4n) is 5.98. The number of aliphatic hydroxyl groups is 2. The Morgan fingerprint density at radius 2 is 1.05 bits per heavy atom. The topological polar surface area (TPSA) is 152 Å². The fraction of sp³-hybridized carbons (Fsp3) is 0.688. The predicted octanol–water partition coefficient (Wildman–Crippen LogP) is 5.45. The molecule has 10 nitrogen and oxygen atoms in total. The van der Waals surface area contributed by atoms with E-state index in [1.54, 1.807) is 27.7 Å². The van der Waals surface area contributed by atoms with Gasteiger partial charge in [0.05, 0.1) is 25.4 Å². The Hall–Kier alpha value is -3.30. The molecule has 2 N–H and O–H groups in total.